The quantitative estimate of drug-likeness (QED) is 0.564. The molecule has 1 atom stereocenters. The maximum Gasteiger partial charge on any atom is 0.315 e. The third-order valence-corrected chi connectivity index (χ3v) is 4.39. The molecule has 0 spiro atoms. The van der Waals surface area contributed by atoms with Gasteiger partial charge >= 0.3 is 6.03 Å². The number of amides is 3. The van der Waals surface area contributed by atoms with Crippen LogP contribution in [0.15, 0.2) is 24.3 Å². The Morgan fingerprint density at radius 1 is 1.21 bits per heavy atom. The molecule has 1 rings (SSSR count). The number of sulfonamides is 1. The number of carbonyl (C=O) groups is 2. The third-order valence-electron chi connectivity index (χ3n) is 3.10. The summed E-state index contributed by atoms with van der Waals surface area (Å²) in [7, 11) is -3.61. The van der Waals surface area contributed by atoms with E-state index >= 15 is 0 Å². The lowest BCUT2D eigenvalue weighted by molar-refractivity contribution is -0.114. The minimum atomic E-state index is -3.61. The van der Waals surface area contributed by atoms with Gasteiger partial charge in [-0.1, -0.05) is 13.0 Å². The first kappa shape index (κ1) is 19.8. The maximum atomic E-state index is 12.0. The molecule has 0 saturated heterocycles. The molecular weight excluding hydrogens is 332 g/mol. The summed E-state index contributed by atoms with van der Waals surface area (Å²) in [6.07, 6.45) is 0.790. The molecule has 1 aromatic carbocycles. The van der Waals surface area contributed by atoms with Gasteiger partial charge in [0.25, 0.3) is 0 Å². The van der Waals surface area contributed by atoms with E-state index in [1.807, 2.05) is 13.8 Å². The van der Waals surface area contributed by atoms with E-state index in [1.54, 1.807) is 18.2 Å². The summed E-state index contributed by atoms with van der Waals surface area (Å²) in [5, 5.41) is 7.76. The first-order chi connectivity index (χ1) is 11.2. The van der Waals surface area contributed by atoms with Gasteiger partial charge < -0.3 is 16.0 Å². The molecule has 1 unspecified atom stereocenters. The molecule has 0 fully saturated rings. The van der Waals surface area contributed by atoms with Crippen LogP contribution in [0, 0.1) is 0 Å². The van der Waals surface area contributed by atoms with Crippen LogP contribution in [0.5, 0.6) is 0 Å². The van der Waals surface area contributed by atoms with Crippen LogP contribution in [0.25, 0.3) is 0 Å². The molecule has 9 heteroatoms. The molecule has 24 heavy (non-hydrogen) atoms. The molecule has 134 valence electrons. The molecule has 1 aromatic rings. The Balaban J connectivity index is 2.52. The van der Waals surface area contributed by atoms with Crippen molar-refractivity contribution in [1.82, 2.24) is 10.6 Å². The van der Waals surface area contributed by atoms with Crippen molar-refractivity contribution < 1.29 is 18.0 Å². The minimum Gasteiger partial charge on any atom is -0.337 e. The minimum absolute atomic E-state index is 0.0109. The Bertz CT molecular complexity index is 676. The first-order valence-electron chi connectivity index (χ1n) is 7.64. The Labute approximate surface area is 142 Å². The number of carbonyl (C=O) groups excluding carboxylic acids is 2. The van der Waals surface area contributed by atoms with Crippen molar-refractivity contribution in [1.29, 1.82) is 0 Å². The highest BCUT2D eigenvalue weighted by Gasteiger charge is 2.12. The van der Waals surface area contributed by atoms with Gasteiger partial charge in [-0.15, -0.1) is 0 Å². The predicted octanol–water partition coefficient (Wildman–Crippen LogP) is 1.48. The average Bonchev–Trinajstić information content (AvgIpc) is 2.45. The highest BCUT2D eigenvalue weighted by molar-refractivity contribution is 7.92. The second-order valence-corrected chi connectivity index (χ2v) is 7.23. The summed E-state index contributed by atoms with van der Waals surface area (Å²) in [5.74, 6) is -0.503. The summed E-state index contributed by atoms with van der Waals surface area (Å²) in [6.45, 7) is 5.16. The van der Waals surface area contributed by atoms with E-state index < -0.39 is 16.1 Å². The van der Waals surface area contributed by atoms with Gasteiger partial charge in [0.1, 0.15) is 0 Å². The van der Waals surface area contributed by atoms with Gasteiger partial charge in [0.05, 0.1) is 11.4 Å². The number of anilines is 2. The smallest absolute Gasteiger partial charge is 0.315 e. The van der Waals surface area contributed by atoms with Crippen LogP contribution < -0.4 is 20.7 Å². The topological polar surface area (TPSA) is 116 Å². The van der Waals surface area contributed by atoms with Gasteiger partial charge in [0.15, 0.2) is 0 Å². The predicted molar refractivity (Wildman–Crippen MR) is 94.4 cm³/mol. The third kappa shape index (κ3) is 7.82. The number of nitrogens with one attached hydrogen (secondary N) is 4. The van der Waals surface area contributed by atoms with Crippen LogP contribution >= 0.6 is 0 Å². The first-order valence-corrected chi connectivity index (χ1v) is 9.29. The molecular formula is C15H24N4O4S. The van der Waals surface area contributed by atoms with Gasteiger partial charge in [-0.2, -0.15) is 0 Å². The van der Waals surface area contributed by atoms with Crippen LogP contribution in [0.3, 0.4) is 0 Å². The van der Waals surface area contributed by atoms with Crippen molar-refractivity contribution in [3.63, 3.8) is 0 Å². The highest BCUT2D eigenvalue weighted by Crippen LogP contribution is 2.16. The summed E-state index contributed by atoms with van der Waals surface area (Å²) in [6, 6.07) is 6.00. The van der Waals surface area contributed by atoms with E-state index in [2.05, 4.69) is 20.7 Å². The van der Waals surface area contributed by atoms with Crippen LogP contribution in [0.4, 0.5) is 16.2 Å². The van der Waals surface area contributed by atoms with Gasteiger partial charge in [-0.3, -0.25) is 9.52 Å². The molecule has 0 aromatic heterocycles. The fraction of sp³-hybridized carbons (Fsp3) is 0.467. The van der Waals surface area contributed by atoms with E-state index in [4.69, 9.17) is 0 Å². The van der Waals surface area contributed by atoms with Crippen molar-refractivity contribution >= 4 is 33.3 Å². The van der Waals surface area contributed by atoms with E-state index in [0.29, 0.717) is 11.4 Å². The Morgan fingerprint density at radius 3 is 2.50 bits per heavy atom. The van der Waals surface area contributed by atoms with Crippen LogP contribution in [0.2, 0.25) is 0 Å². The fourth-order valence-corrected chi connectivity index (χ4v) is 2.73. The Morgan fingerprint density at radius 2 is 1.88 bits per heavy atom. The van der Waals surface area contributed by atoms with E-state index in [0.717, 1.165) is 6.42 Å². The second-order valence-electron chi connectivity index (χ2n) is 5.39. The van der Waals surface area contributed by atoms with Gasteiger partial charge in [-0.05, 0) is 31.5 Å². The molecule has 0 heterocycles. The average molecular weight is 356 g/mol. The zero-order chi connectivity index (χ0) is 18.2. The fourth-order valence-electron chi connectivity index (χ4n) is 1.77. The molecule has 0 saturated carbocycles. The molecule has 8 nitrogen and oxygen atoms in total. The lowest BCUT2D eigenvalue weighted by Gasteiger charge is -2.13. The van der Waals surface area contributed by atoms with E-state index in [9.17, 15) is 18.0 Å². The highest BCUT2D eigenvalue weighted by atomic mass is 32.2. The molecule has 3 amide bonds. The Hall–Kier alpha value is -2.29. The molecule has 0 aliphatic carbocycles. The van der Waals surface area contributed by atoms with Crippen molar-refractivity contribution in [3.8, 4) is 0 Å². The number of hydrogen-bond acceptors (Lipinski definition) is 4. The largest absolute Gasteiger partial charge is 0.337 e. The maximum absolute atomic E-state index is 12.0. The van der Waals surface area contributed by atoms with Crippen LogP contribution in [-0.2, 0) is 14.8 Å². The standard InChI is InChI=1S/C15H24N4O4S/c1-4-11(2)17-15(21)16-8-9-24(22,23)19-14-7-5-6-13(10-14)18-12(3)20/h5-7,10-11,19H,4,8-9H2,1-3H3,(H,18,20)(H2,16,17,21). The number of hydrogen-bond donors (Lipinski definition) is 4. The monoisotopic (exact) mass is 356 g/mol. The normalized spacial score (nSPS) is 12.1. The number of rotatable bonds is 8. The summed E-state index contributed by atoms with van der Waals surface area (Å²) in [4.78, 5) is 22.5. The summed E-state index contributed by atoms with van der Waals surface area (Å²) >= 11 is 0. The summed E-state index contributed by atoms with van der Waals surface area (Å²) in [5.41, 5.74) is 0.832. The van der Waals surface area contributed by atoms with Gasteiger partial charge in [-0.25, -0.2) is 13.2 Å². The SMILES string of the molecule is CCC(C)NC(=O)NCCS(=O)(=O)Nc1cccc(NC(C)=O)c1. The molecule has 0 radical (unpaired) electrons. The van der Waals surface area contributed by atoms with Crippen LogP contribution in [0.1, 0.15) is 27.2 Å². The van der Waals surface area contributed by atoms with Gasteiger partial charge in [0, 0.05) is 25.2 Å². The lowest BCUT2D eigenvalue weighted by Crippen LogP contribution is -2.42. The number of urea groups is 1. The molecule has 0 bridgehead atoms. The van der Waals surface area contributed by atoms with Gasteiger partial charge in [0.2, 0.25) is 15.9 Å². The van der Waals surface area contributed by atoms with Crippen molar-refractivity contribution in [3.05, 3.63) is 24.3 Å². The van der Waals surface area contributed by atoms with Crippen molar-refractivity contribution in [2.24, 2.45) is 0 Å². The Kier molecular flexibility index (Phi) is 7.50. The molecule has 0 aliphatic rings. The van der Waals surface area contributed by atoms with E-state index in [-0.39, 0.29) is 24.2 Å². The lowest BCUT2D eigenvalue weighted by atomic mass is 10.3. The van der Waals surface area contributed by atoms with E-state index in [1.165, 1.54) is 13.0 Å². The zero-order valence-corrected chi connectivity index (χ0v) is 14.9. The molecule has 0 aliphatic heterocycles. The van der Waals surface area contributed by atoms with Crippen molar-refractivity contribution in [2.45, 2.75) is 33.2 Å². The second kappa shape index (κ2) is 9.11. The number of benzene rings is 1. The summed E-state index contributed by atoms with van der Waals surface area (Å²) < 4.78 is 26.5. The van der Waals surface area contributed by atoms with Crippen LogP contribution in [-0.4, -0.2) is 38.7 Å². The molecule has 4 N–H and O–H groups in total. The van der Waals surface area contributed by atoms with Crippen molar-refractivity contribution in [2.75, 3.05) is 22.3 Å². The zero-order valence-electron chi connectivity index (χ0n) is 14.0.